The van der Waals surface area contributed by atoms with Crippen LogP contribution in [0.4, 0.5) is 10.1 Å². The number of aliphatic hydroxyl groups is 1. The second-order valence-electron chi connectivity index (χ2n) is 3.95. The van der Waals surface area contributed by atoms with Crippen LogP contribution in [0.15, 0.2) is 32.9 Å². The van der Waals surface area contributed by atoms with Gasteiger partial charge < -0.3 is 10.4 Å². The van der Waals surface area contributed by atoms with E-state index in [1.807, 2.05) is 0 Å². The normalized spacial score (nSPS) is 14.8. The lowest BCUT2D eigenvalue weighted by atomic mass is 10.3. The SMILES string of the molecule is O=C1C=C(Nc2cc(Br)c(Br)cc2F)C(=O)N1CCO. The van der Waals surface area contributed by atoms with Crippen molar-refractivity contribution in [3.05, 3.63) is 38.7 Å². The molecule has 0 radical (unpaired) electrons. The predicted molar refractivity (Wildman–Crippen MR) is 77.3 cm³/mol. The van der Waals surface area contributed by atoms with Crippen LogP contribution >= 0.6 is 31.9 Å². The molecule has 0 aliphatic carbocycles. The number of β-amino-alcohol motifs (C(OH)–C–C–N with tert-alkyl or cyclic N) is 1. The summed E-state index contributed by atoms with van der Waals surface area (Å²) in [6.45, 7) is -0.414. The molecule has 2 rings (SSSR count). The van der Waals surface area contributed by atoms with Crippen molar-refractivity contribution in [2.45, 2.75) is 0 Å². The molecule has 1 aromatic carbocycles. The summed E-state index contributed by atoms with van der Waals surface area (Å²) in [5, 5.41) is 11.4. The number of nitrogens with zero attached hydrogens (tertiary/aromatic N) is 1. The van der Waals surface area contributed by atoms with Crippen molar-refractivity contribution in [3.8, 4) is 0 Å². The molecule has 1 heterocycles. The molecule has 0 atom stereocenters. The van der Waals surface area contributed by atoms with E-state index in [4.69, 9.17) is 5.11 Å². The summed E-state index contributed by atoms with van der Waals surface area (Å²) in [7, 11) is 0. The standard InChI is InChI=1S/C12H9Br2FN2O3/c13-6-3-8(15)9(4-7(6)14)16-10-5-11(19)17(1-2-18)12(10)20/h3-5,16,18H,1-2H2. The summed E-state index contributed by atoms with van der Waals surface area (Å²) in [4.78, 5) is 24.3. The Morgan fingerprint density at radius 2 is 1.90 bits per heavy atom. The first-order valence-electron chi connectivity index (χ1n) is 5.54. The van der Waals surface area contributed by atoms with Crippen LogP contribution in [-0.2, 0) is 9.59 Å². The molecule has 0 bridgehead atoms. The second kappa shape index (κ2) is 6.02. The molecule has 1 aromatic rings. The number of hydrogen-bond donors (Lipinski definition) is 2. The fourth-order valence-electron chi connectivity index (χ4n) is 1.67. The smallest absolute Gasteiger partial charge is 0.277 e. The molecule has 2 N–H and O–H groups in total. The molecule has 5 nitrogen and oxygen atoms in total. The van der Waals surface area contributed by atoms with Gasteiger partial charge in [0.1, 0.15) is 11.5 Å². The summed E-state index contributed by atoms with van der Waals surface area (Å²) in [5.41, 5.74) is 0.0369. The minimum absolute atomic E-state index is 0.0310. The Bertz CT molecular complexity index is 619. The molecule has 2 amide bonds. The van der Waals surface area contributed by atoms with Crippen LogP contribution in [-0.4, -0.2) is 35.0 Å². The quantitative estimate of drug-likeness (QED) is 0.591. The number of amides is 2. The molecular formula is C12H9Br2FN2O3. The van der Waals surface area contributed by atoms with Gasteiger partial charge in [0.05, 0.1) is 18.8 Å². The fourth-order valence-corrected chi connectivity index (χ4v) is 2.33. The average molecular weight is 408 g/mol. The summed E-state index contributed by atoms with van der Waals surface area (Å²) >= 11 is 6.38. The minimum Gasteiger partial charge on any atom is -0.395 e. The first kappa shape index (κ1) is 15.1. The zero-order valence-corrected chi connectivity index (χ0v) is 13.2. The first-order valence-corrected chi connectivity index (χ1v) is 7.12. The Balaban J connectivity index is 2.23. The Morgan fingerprint density at radius 3 is 2.55 bits per heavy atom. The van der Waals surface area contributed by atoms with Crippen molar-refractivity contribution in [2.24, 2.45) is 0 Å². The van der Waals surface area contributed by atoms with Gasteiger partial charge in [0.2, 0.25) is 0 Å². The molecule has 106 valence electrons. The maximum absolute atomic E-state index is 13.8. The van der Waals surface area contributed by atoms with Gasteiger partial charge in [0, 0.05) is 15.0 Å². The van der Waals surface area contributed by atoms with Gasteiger partial charge in [0.25, 0.3) is 11.8 Å². The third-order valence-electron chi connectivity index (χ3n) is 2.61. The number of aliphatic hydroxyl groups excluding tert-OH is 1. The number of anilines is 1. The van der Waals surface area contributed by atoms with Crippen LogP contribution < -0.4 is 5.32 Å². The van der Waals surface area contributed by atoms with Gasteiger partial charge in [-0.05, 0) is 44.0 Å². The zero-order valence-electron chi connectivity index (χ0n) is 9.99. The largest absolute Gasteiger partial charge is 0.395 e. The number of rotatable bonds is 4. The number of carbonyl (C=O) groups excluding carboxylic acids is 2. The van der Waals surface area contributed by atoms with Gasteiger partial charge in [-0.3, -0.25) is 14.5 Å². The van der Waals surface area contributed by atoms with E-state index in [1.165, 1.54) is 12.1 Å². The van der Waals surface area contributed by atoms with Gasteiger partial charge in [-0.2, -0.15) is 0 Å². The number of benzene rings is 1. The Labute approximate surface area is 130 Å². The minimum atomic E-state index is -0.595. The first-order chi connectivity index (χ1) is 9.43. The van der Waals surface area contributed by atoms with Gasteiger partial charge >= 0.3 is 0 Å². The van der Waals surface area contributed by atoms with Crippen molar-refractivity contribution in [1.29, 1.82) is 0 Å². The van der Waals surface area contributed by atoms with Crippen molar-refractivity contribution < 1.29 is 19.1 Å². The predicted octanol–water partition coefficient (Wildman–Crippen LogP) is 2.01. The van der Waals surface area contributed by atoms with E-state index in [1.54, 1.807) is 0 Å². The lowest BCUT2D eigenvalue weighted by Gasteiger charge is -2.14. The molecule has 1 aliphatic heterocycles. The molecule has 1 aliphatic rings. The van der Waals surface area contributed by atoms with Crippen molar-refractivity contribution in [2.75, 3.05) is 18.5 Å². The summed E-state index contributed by atoms with van der Waals surface area (Å²) in [5.74, 6) is -1.70. The van der Waals surface area contributed by atoms with Crippen LogP contribution in [0.25, 0.3) is 0 Å². The highest BCUT2D eigenvalue weighted by molar-refractivity contribution is 9.13. The number of nitrogens with one attached hydrogen (secondary N) is 1. The van der Waals surface area contributed by atoms with Crippen LogP contribution in [0, 0.1) is 5.82 Å². The molecule has 8 heteroatoms. The van der Waals surface area contributed by atoms with Crippen LogP contribution in [0.1, 0.15) is 0 Å². The van der Waals surface area contributed by atoms with E-state index in [-0.39, 0.29) is 24.5 Å². The highest BCUT2D eigenvalue weighted by Gasteiger charge is 2.31. The van der Waals surface area contributed by atoms with E-state index < -0.39 is 17.6 Å². The number of halogens is 3. The monoisotopic (exact) mass is 406 g/mol. The number of hydrogen-bond acceptors (Lipinski definition) is 4. The number of imide groups is 1. The number of carbonyl (C=O) groups is 2. The van der Waals surface area contributed by atoms with E-state index >= 15 is 0 Å². The Kier molecular flexibility index (Phi) is 4.56. The molecule has 0 unspecified atom stereocenters. The maximum Gasteiger partial charge on any atom is 0.277 e. The topological polar surface area (TPSA) is 69.6 Å². The average Bonchev–Trinajstić information content (AvgIpc) is 2.64. The fraction of sp³-hybridized carbons (Fsp3) is 0.167. The van der Waals surface area contributed by atoms with E-state index in [0.717, 1.165) is 11.0 Å². The maximum atomic E-state index is 13.8. The Morgan fingerprint density at radius 1 is 1.25 bits per heavy atom. The Hall–Kier alpha value is -1.25. The van der Waals surface area contributed by atoms with Crippen LogP contribution in [0.3, 0.4) is 0 Å². The van der Waals surface area contributed by atoms with E-state index in [0.29, 0.717) is 8.95 Å². The molecule has 0 aromatic heterocycles. The van der Waals surface area contributed by atoms with Crippen molar-refractivity contribution >= 4 is 49.4 Å². The molecule has 20 heavy (non-hydrogen) atoms. The van der Waals surface area contributed by atoms with Gasteiger partial charge in [0.15, 0.2) is 0 Å². The second-order valence-corrected chi connectivity index (χ2v) is 5.66. The zero-order chi connectivity index (χ0) is 14.9. The highest BCUT2D eigenvalue weighted by Crippen LogP contribution is 2.30. The van der Waals surface area contributed by atoms with Crippen molar-refractivity contribution in [1.82, 2.24) is 4.90 Å². The molecule has 0 saturated carbocycles. The van der Waals surface area contributed by atoms with E-state index in [9.17, 15) is 14.0 Å². The summed E-state index contributed by atoms with van der Waals surface area (Å²) in [6, 6.07) is 2.69. The highest BCUT2D eigenvalue weighted by atomic mass is 79.9. The van der Waals surface area contributed by atoms with Crippen molar-refractivity contribution in [3.63, 3.8) is 0 Å². The van der Waals surface area contributed by atoms with Crippen LogP contribution in [0.5, 0.6) is 0 Å². The third-order valence-corrected chi connectivity index (χ3v) is 4.46. The molecule has 0 fully saturated rings. The van der Waals surface area contributed by atoms with Gasteiger partial charge in [-0.25, -0.2) is 4.39 Å². The van der Waals surface area contributed by atoms with Gasteiger partial charge in [-0.15, -0.1) is 0 Å². The lowest BCUT2D eigenvalue weighted by Crippen LogP contribution is -2.34. The lowest BCUT2D eigenvalue weighted by molar-refractivity contribution is -0.137. The van der Waals surface area contributed by atoms with E-state index in [2.05, 4.69) is 37.2 Å². The molecule has 0 saturated heterocycles. The van der Waals surface area contributed by atoms with Crippen LogP contribution in [0.2, 0.25) is 0 Å². The summed E-state index contributed by atoms with van der Waals surface area (Å²) < 4.78 is 14.9. The molecule has 0 spiro atoms. The third kappa shape index (κ3) is 2.92. The van der Waals surface area contributed by atoms with Gasteiger partial charge in [-0.1, -0.05) is 0 Å². The molecular weight excluding hydrogens is 399 g/mol. The summed E-state index contributed by atoms with van der Waals surface area (Å²) in [6.07, 6.45) is 1.08.